The number of aromatic nitrogens is 2. The Kier molecular flexibility index (Phi) is 4.31. The Morgan fingerprint density at radius 3 is 2.59 bits per heavy atom. The van der Waals surface area contributed by atoms with Gasteiger partial charge in [-0.3, -0.25) is 0 Å². The van der Waals surface area contributed by atoms with Crippen molar-refractivity contribution < 1.29 is 4.74 Å². The average Bonchev–Trinajstić information content (AvgIpc) is 2.40. The molecule has 2 rings (SSSR count). The first-order valence-corrected chi connectivity index (χ1v) is 6.40. The van der Waals surface area contributed by atoms with Crippen LogP contribution in [0.2, 0.25) is 0 Å². The lowest BCUT2D eigenvalue weighted by molar-refractivity contribution is 0.191. The van der Waals surface area contributed by atoms with Gasteiger partial charge in [-0.2, -0.15) is 5.10 Å². The van der Waals surface area contributed by atoms with E-state index in [0.717, 1.165) is 18.0 Å². The third-order valence-electron chi connectivity index (χ3n) is 3.56. The quantitative estimate of drug-likeness (QED) is 0.797. The zero-order valence-corrected chi connectivity index (χ0v) is 10.7. The molecule has 4 nitrogen and oxygen atoms in total. The number of piperidine rings is 1. The van der Waals surface area contributed by atoms with Crippen molar-refractivity contribution in [1.82, 2.24) is 15.1 Å². The third kappa shape index (κ3) is 3.40. The highest BCUT2D eigenvalue weighted by Crippen LogP contribution is 2.20. The molecule has 1 aromatic heterocycles. The van der Waals surface area contributed by atoms with Crippen LogP contribution >= 0.6 is 0 Å². The fraction of sp³-hybridized carbons (Fsp3) is 0.692. The predicted octanol–water partition coefficient (Wildman–Crippen LogP) is 1.76. The molecule has 94 valence electrons. The predicted molar refractivity (Wildman–Crippen MR) is 67.1 cm³/mol. The van der Waals surface area contributed by atoms with Crippen LogP contribution in [0.1, 0.15) is 25.5 Å². The van der Waals surface area contributed by atoms with Crippen LogP contribution < -0.4 is 4.74 Å². The SMILES string of the molecule is CCN1CCC(Cc2ccc(OC)nn2)CC1. The fourth-order valence-electron chi connectivity index (χ4n) is 2.37. The summed E-state index contributed by atoms with van der Waals surface area (Å²) in [5, 5.41) is 8.21. The molecular weight excluding hydrogens is 214 g/mol. The van der Waals surface area contributed by atoms with Crippen molar-refractivity contribution in [3.05, 3.63) is 17.8 Å². The second-order valence-corrected chi connectivity index (χ2v) is 4.65. The Bertz CT molecular complexity index is 331. The summed E-state index contributed by atoms with van der Waals surface area (Å²) >= 11 is 0. The van der Waals surface area contributed by atoms with Gasteiger partial charge in [-0.25, -0.2) is 0 Å². The van der Waals surface area contributed by atoms with Crippen LogP contribution in [0.3, 0.4) is 0 Å². The molecule has 17 heavy (non-hydrogen) atoms. The molecule has 0 aromatic carbocycles. The van der Waals surface area contributed by atoms with Gasteiger partial charge >= 0.3 is 0 Å². The summed E-state index contributed by atoms with van der Waals surface area (Å²) in [5.41, 5.74) is 1.08. The highest BCUT2D eigenvalue weighted by atomic mass is 16.5. The minimum Gasteiger partial charge on any atom is -0.480 e. The largest absolute Gasteiger partial charge is 0.480 e. The Morgan fingerprint density at radius 2 is 2.06 bits per heavy atom. The Labute approximate surface area is 103 Å². The van der Waals surface area contributed by atoms with Crippen LogP contribution in [-0.4, -0.2) is 41.8 Å². The van der Waals surface area contributed by atoms with Gasteiger partial charge < -0.3 is 9.64 Å². The van der Waals surface area contributed by atoms with E-state index < -0.39 is 0 Å². The van der Waals surface area contributed by atoms with E-state index in [0.29, 0.717) is 5.88 Å². The first-order valence-electron chi connectivity index (χ1n) is 6.40. The fourth-order valence-corrected chi connectivity index (χ4v) is 2.37. The molecule has 4 heteroatoms. The molecule has 1 aromatic rings. The van der Waals surface area contributed by atoms with Gasteiger partial charge in [0, 0.05) is 6.07 Å². The lowest BCUT2D eigenvalue weighted by atomic mass is 9.92. The van der Waals surface area contributed by atoms with Crippen LogP contribution in [0.25, 0.3) is 0 Å². The van der Waals surface area contributed by atoms with Gasteiger partial charge in [0.1, 0.15) is 0 Å². The molecule has 0 unspecified atom stereocenters. The Balaban J connectivity index is 1.84. The molecule has 1 aliphatic rings. The lowest BCUT2D eigenvalue weighted by Gasteiger charge is -2.30. The van der Waals surface area contributed by atoms with Crippen LogP contribution in [0.5, 0.6) is 5.88 Å². The first kappa shape index (κ1) is 12.3. The van der Waals surface area contributed by atoms with E-state index in [4.69, 9.17) is 4.74 Å². The Hall–Kier alpha value is -1.16. The molecule has 1 saturated heterocycles. The smallest absolute Gasteiger partial charge is 0.233 e. The van der Waals surface area contributed by atoms with E-state index in [-0.39, 0.29) is 0 Å². The molecule has 0 spiro atoms. The van der Waals surface area contributed by atoms with Crippen molar-refractivity contribution in [2.24, 2.45) is 5.92 Å². The van der Waals surface area contributed by atoms with Crippen molar-refractivity contribution in [3.63, 3.8) is 0 Å². The number of likely N-dealkylation sites (tertiary alicyclic amines) is 1. The molecule has 0 saturated carbocycles. The van der Waals surface area contributed by atoms with E-state index in [2.05, 4.69) is 22.0 Å². The standard InChI is InChI=1S/C13H21N3O/c1-3-16-8-6-11(7-9-16)10-12-4-5-13(17-2)15-14-12/h4-5,11H,3,6-10H2,1-2H3. The molecule has 1 fully saturated rings. The summed E-state index contributed by atoms with van der Waals surface area (Å²) < 4.78 is 5.01. The number of ether oxygens (including phenoxy) is 1. The monoisotopic (exact) mass is 235 g/mol. The average molecular weight is 235 g/mol. The Morgan fingerprint density at radius 1 is 1.29 bits per heavy atom. The molecule has 2 heterocycles. The summed E-state index contributed by atoms with van der Waals surface area (Å²) in [7, 11) is 1.62. The van der Waals surface area contributed by atoms with Crippen LogP contribution in [-0.2, 0) is 6.42 Å². The zero-order valence-electron chi connectivity index (χ0n) is 10.7. The minimum atomic E-state index is 0.592. The number of hydrogen-bond acceptors (Lipinski definition) is 4. The van der Waals surface area contributed by atoms with Gasteiger partial charge in [0.15, 0.2) is 0 Å². The molecule has 0 amide bonds. The van der Waals surface area contributed by atoms with E-state index in [1.54, 1.807) is 7.11 Å². The van der Waals surface area contributed by atoms with Gasteiger partial charge in [-0.05, 0) is 50.9 Å². The summed E-state index contributed by atoms with van der Waals surface area (Å²) in [4.78, 5) is 2.51. The van der Waals surface area contributed by atoms with Crippen molar-refractivity contribution in [3.8, 4) is 5.88 Å². The van der Waals surface area contributed by atoms with Crippen LogP contribution in [0.4, 0.5) is 0 Å². The van der Waals surface area contributed by atoms with E-state index in [9.17, 15) is 0 Å². The van der Waals surface area contributed by atoms with Gasteiger partial charge in [0.05, 0.1) is 12.8 Å². The first-order chi connectivity index (χ1) is 8.31. The summed E-state index contributed by atoms with van der Waals surface area (Å²) in [6.45, 7) is 5.86. The third-order valence-corrected chi connectivity index (χ3v) is 3.56. The highest BCUT2D eigenvalue weighted by Gasteiger charge is 2.18. The van der Waals surface area contributed by atoms with Crippen LogP contribution in [0.15, 0.2) is 12.1 Å². The molecule has 0 bridgehead atoms. The van der Waals surface area contributed by atoms with Gasteiger partial charge in [0.2, 0.25) is 5.88 Å². The summed E-state index contributed by atoms with van der Waals surface area (Å²) in [6, 6.07) is 3.92. The number of nitrogens with zero attached hydrogens (tertiary/aromatic N) is 3. The maximum Gasteiger partial charge on any atom is 0.233 e. The van der Waals surface area contributed by atoms with E-state index in [1.807, 2.05) is 12.1 Å². The van der Waals surface area contributed by atoms with E-state index >= 15 is 0 Å². The summed E-state index contributed by atoms with van der Waals surface area (Å²) in [6.07, 6.45) is 3.61. The molecule has 0 radical (unpaired) electrons. The number of hydrogen-bond donors (Lipinski definition) is 0. The van der Waals surface area contributed by atoms with Gasteiger partial charge in [-0.1, -0.05) is 6.92 Å². The van der Waals surface area contributed by atoms with Crippen molar-refractivity contribution in [2.75, 3.05) is 26.7 Å². The molecule has 0 aliphatic carbocycles. The van der Waals surface area contributed by atoms with Crippen molar-refractivity contribution in [1.29, 1.82) is 0 Å². The molecular formula is C13H21N3O. The van der Waals surface area contributed by atoms with Crippen molar-refractivity contribution >= 4 is 0 Å². The normalized spacial score (nSPS) is 18.2. The highest BCUT2D eigenvalue weighted by molar-refractivity contribution is 5.11. The van der Waals surface area contributed by atoms with E-state index in [1.165, 1.54) is 32.5 Å². The second kappa shape index (κ2) is 5.96. The second-order valence-electron chi connectivity index (χ2n) is 4.65. The number of rotatable bonds is 4. The summed E-state index contributed by atoms with van der Waals surface area (Å²) in [5.74, 6) is 1.36. The topological polar surface area (TPSA) is 38.2 Å². The van der Waals surface area contributed by atoms with Crippen LogP contribution in [0, 0.1) is 5.92 Å². The molecule has 0 atom stereocenters. The number of methoxy groups -OCH3 is 1. The van der Waals surface area contributed by atoms with Gasteiger partial charge in [0.25, 0.3) is 0 Å². The maximum absolute atomic E-state index is 5.01. The van der Waals surface area contributed by atoms with Gasteiger partial charge in [-0.15, -0.1) is 5.10 Å². The zero-order chi connectivity index (χ0) is 12.1. The lowest BCUT2D eigenvalue weighted by Crippen LogP contribution is -2.34. The maximum atomic E-state index is 5.01. The minimum absolute atomic E-state index is 0.592. The molecule has 1 aliphatic heterocycles. The van der Waals surface area contributed by atoms with Crippen molar-refractivity contribution in [2.45, 2.75) is 26.2 Å². The molecule has 0 N–H and O–H groups in total.